The van der Waals surface area contributed by atoms with Gasteiger partial charge in [0.05, 0.1) is 18.6 Å². The number of carbonyl (C=O) groups excluding carboxylic acids is 1. The minimum atomic E-state index is -0.297. The van der Waals surface area contributed by atoms with Crippen LogP contribution in [0.4, 0.5) is 0 Å². The Balaban J connectivity index is 1.93. The van der Waals surface area contributed by atoms with Gasteiger partial charge in [0.1, 0.15) is 0 Å². The molecule has 2 aromatic heterocycles. The first kappa shape index (κ1) is 10.1. The molecule has 0 saturated carbocycles. The molecule has 0 aliphatic carbocycles. The molecule has 8 heteroatoms. The number of carbonyl (C=O) groups is 1. The summed E-state index contributed by atoms with van der Waals surface area (Å²) >= 11 is 6.59. The van der Waals surface area contributed by atoms with Crippen LogP contribution in [0.1, 0.15) is 15.5 Å². The third-order valence-corrected chi connectivity index (χ3v) is 2.61. The molecule has 6 nitrogen and oxygen atoms in total. The van der Waals surface area contributed by atoms with Gasteiger partial charge in [0.15, 0.2) is 0 Å². The van der Waals surface area contributed by atoms with Crippen LogP contribution < -0.4 is 5.32 Å². The van der Waals surface area contributed by atoms with Crippen LogP contribution in [-0.4, -0.2) is 26.1 Å². The zero-order chi connectivity index (χ0) is 10.7. The Morgan fingerprint density at radius 1 is 1.60 bits per heavy atom. The van der Waals surface area contributed by atoms with E-state index in [2.05, 4.69) is 25.5 Å². The summed E-state index contributed by atoms with van der Waals surface area (Å²) in [6.45, 7) is 0.371. The standard InChI is InChI=1S/C7H6ClN5OS/c8-7-13-12-6(15-7)5(14)10-2-4-1-9-3-11-4/h1,3H,2H2,(H,9,11)(H,10,14). The number of rotatable bonds is 3. The van der Waals surface area contributed by atoms with E-state index in [9.17, 15) is 4.79 Å². The van der Waals surface area contributed by atoms with Gasteiger partial charge in [0, 0.05) is 6.20 Å². The van der Waals surface area contributed by atoms with Crippen molar-refractivity contribution in [3.8, 4) is 0 Å². The van der Waals surface area contributed by atoms with Gasteiger partial charge < -0.3 is 10.3 Å². The molecule has 1 amide bonds. The van der Waals surface area contributed by atoms with Gasteiger partial charge in [0.2, 0.25) is 9.47 Å². The van der Waals surface area contributed by atoms with Crippen LogP contribution in [0.2, 0.25) is 4.47 Å². The minimum Gasteiger partial charge on any atom is -0.347 e. The highest BCUT2D eigenvalue weighted by molar-refractivity contribution is 7.17. The second kappa shape index (κ2) is 4.37. The van der Waals surface area contributed by atoms with Crippen LogP contribution in [-0.2, 0) is 6.54 Å². The van der Waals surface area contributed by atoms with E-state index >= 15 is 0 Å². The van der Waals surface area contributed by atoms with Gasteiger partial charge in [-0.25, -0.2) is 4.98 Å². The number of halogens is 1. The first-order chi connectivity index (χ1) is 7.25. The smallest absolute Gasteiger partial charge is 0.282 e. The Hall–Kier alpha value is -1.47. The van der Waals surface area contributed by atoms with Crippen LogP contribution in [0, 0.1) is 0 Å². The Bertz CT molecular complexity index is 454. The largest absolute Gasteiger partial charge is 0.347 e. The summed E-state index contributed by atoms with van der Waals surface area (Å²) in [6.07, 6.45) is 3.18. The molecule has 0 saturated heterocycles. The zero-order valence-corrected chi connectivity index (χ0v) is 8.97. The van der Waals surface area contributed by atoms with E-state index in [1.807, 2.05) is 0 Å². The van der Waals surface area contributed by atoms with Crippen molar-refractivity contribution in [2.45, 2.75) is 6.54 Å². The Kier molecular flexibility index (Phi) is 2.93. The fourth-order valence-electron chi connectivity index (χ4n) is 0.930. The highest BCUT2D eigenvalue weighted by Gasteiger charge is 2.11. The quantitative estimate of drug-likeness (QED) is 0.837. The van der Waals surface area contributed by atoms with E-state index in [-0.39, 0.29) is 15.4 Å². The molecule has 2 aromatic rings. The third kappa shape index (κ3) is 2.51. The third-order valence-electron chi connectivity index (χ3n) is 1.59. The minimum absolute atomic E-state index is 0.250. The summed E-state index contributed by atoms with van der Waals surface area (Å²) in [5.74, 6) is -0.297. The molecule has 2 rings (SSSR count). The molecule has 78 valence electrons. The number of imidazole rings is 1. The second-order valence-electron chi connectivity index (χ2n) is 2.62. The number of amides is 1. The molecule has 0 aliphatic rings. The van der Waals surface area contributed by atoms with E-state index in [4.69, 9.17) is 11.6 Å². The average molecular weight is 244 g/mol. The van der Waals surface area contributed by atoms with Crippen LogP contribution in [0.3, 0.4) is 0 Å². The van der Waals surface area contributed by atoms with Gasteiger partial charge in [-0.05, 0) is 11.6 Å². The first-order valence-corrected chi connectivity index (χ1v) is 5.19. The average Bonchev–Trinajstić information content (AvgIpc) is 2.84. The molecule has 0 fully saturated rings. The maximum Gasteiger partial charge on any atom is 0.282 e. The van der Waals surface area contributed by atoms with Crippen molar-refractivity contribution in [3.05, 3.63) is 27.7 Å². The fourth-order valence-corrected chi connectivity index (χ4v) is 1.67. The van der Waals surface area contributed by atoms with Gasteiger partial charge in [-0.2, -0.15) is 0 Å². The number of H-pyrrole nitrogens is 1. The van der Waals surface area contributed by atoms with E-state index in [1.54, 1.807) is 12.5 Å². The summed E-state index contributed by atoms with van der Waals surface area (Å²) < 4.78 is 0.252. The molecule has 0 atom stereocenters. The van der Waals surface area contributed by atoms with Crippen LogP contribution >= 0.6 is 22.9 Å². The fraction of sp³-hybridized carbons (Fsp3) is 0.143. The number of aromatic amines is 1. The molecule has 0 aromatic carbocycles. The van der Waals surface area contributed by atoms with Gasteiger partial charge in [-0.15, -0.1) is 10.2 Å². The van der Waals surface area contributed by atoms with E-state index in [0.29, 0.717) is 6.54 Å². The maximum absolute atomic E-state index is 11.5. The van der Waals surface area contributed by atoms with E-state index in [0.717, 1.165) is 17.0 Å². The molecule has 0 aliphatic heterocycles. The molecule has 0 radical (unpaired) electrons. The number of hydrogen-bond donors (Lipinski definition) is 2. The monoisotopic (exact) mass is 243 g/mol. The molecule has 0 bridgehead atoms. The van der Waals surface area contributed by atoms with Crippen molar-refractivity contribution in [3.63, 3.8) is 0 Å². The second-order valence-corrected chi connectivity index (χ2v) is 4.18. The van der Waals surface area contributed by atoms with Crippen molar-refractivity contribution in [2.24, 2.45) is 0 Å². The predicted molar refractivity (Wildman–Crippen MR) is 54.7 cm³/mol. The van der Waals surface area contributed by atoms with Gasteiger partial charge in [-0.1, -0.05) is 11.3 Å². The van der Waals surface area contributed by atoms with Crippen molar-refractivity contribution in [1.82, 2.24) is 25.5 Å². The summed E-state index contributed by atoms with van der Waals surface area (Å²) in [6, 6.07) is 0. The predicted octanol–water partition coefficient (Wildman–Crippen LogP) is 0.845. The van der Waals surface area contributed by atoms with Crippen molar-refractivity contribution in [2.75, 3.05) is 0 Å². The summed E-state index contributed by atoms with van der Waals surface area (Å²) in [5, 5.41) is 10.1. The number of nitrogens with one attached hydrogen (secondary N) is 2. The molecular formula is C7H6ClN5OS. The summed E-state index contributed by atoms with van der Waals surface area (Å²) in [5.41, 5.74) is 0.818. The number of aromatic nitrogens is 4. The highest BCUT2D eigenvalue weighted by Crippen LogP contribution is 2.14. The lowest BCUT2D eigenvalue weighted by molar-refractivity contribution is 0.0949. The normalized spacial score (nSPS) is 10.2. The molecule has 15 heavy (non-hydrogen) atoms. The first-order valence-electron chi connectivity index (χ1n) is 4.00. The van der Waals surface area contributed by atoms with E-state index in [1.165, 1.54) is 0 Å². The van der Waals surface area contributed by atoms with Gasteiger partial charge in [0.25, 0.3) is 5.91 Å². The highest BCUT2D eigenvalue weighted by atomic mass is 35.5. The topological polar surface area (TPSA) is 83.6 Å². The van der Waals surface area contributed by atoms with Crippen LogP contribution in [0.25, 0.3) is 0 Å². The lowest BCUT2D eigenvalue weighted by Gasteiger charge is -1.98. The SMILES string of the molecule is O=C(NCc1cnc[nH]1)c1nnc(Cl)s1. The number of nitrogens with zero attached hydrogens (tertiary/aromatic N) is 3. The van der Waals surface area contributed by atoms with Crippen molar-refractivity contribution < 1.29 is 4.79 Å². The van der Waals surface area contributed by atoms with Crippen LogP contribution in [0.15, 0.2) is 12.5 Å². The Labute approximate surface area is 93.7 Å². The lowest BCUT2D eigenvalue weighted by atomic mass is 10.4. The number of hydrogen-bond acceptors (Lipinski definition) is 5. The molecule has 0 unspecified atom stereocenters. The Morgan fingerprint density at radius 3 is 3.07 bits per heavy atom. The summed E-state index contributed by atoms with van der Waals surface area (Å²) in [4.78, 5) is 18.1. The van der Waals surface area contributed by atoms with E-state index < -0.39 is 0 Å². The molecule has 2 heterocycles. The van der Waals surface area contributed by atoms with Crippen molar-refractivity contribution in [1.29, 1.82) is 0 Å². The van der Waals surface area contributed by atoms with Crippen molar-refractivity contribution >= 4 is 28.8 Å². The molecule has 0 spiro atoms. The lowest BCUT2D eigenvalue weighted by Crippen LogP contribution is -2.22. The summed E-state index contributed by atoms with van der Waals surface area (Å²) in [7, 11) is 0. The molecular weight excluding hydrogens is 238 g/mol. The zero-order valence-electron chi connectivity index (χ0n) is 7.40. The maximum atomic E-state index is 11.5. The Morgan fingerprint density at radius 2 is 2.47 bits per heavy atom. The molecule has 2 N–H and O–H groups in total. The van der Waals surface area contributed by atoms with Gasteiger partial charge >= 0.3 is 0 Å². The van der Waals surface area contributed by atoms with Gasteiger partial charge in [-0.3, -0.25) is 4.79 Å². The van der Waals surface area contributed by atoms with Crippen LogP contribution in [0.5, 0.6) is 0 Å².